The van der Waals surface area contributed by atoms with Crippen molar-refractivity contribution < 1.29 is 27.9 Å². The minimum absolute atomic E-state index is 0.0719. The quantitative estimate of drug-likeness (QED) is 0.263. The van der Waals surface area contributed by atoms with E-state index in [0.29, 0.717) is 29.8 Å². The fourth-order valence-corrected chi connectivity index (χ4v) is 8.04. The van der Waals surface area contributed by atoms with Crippen LogP contribution in [0.15, 0.2) is 35.7 Å². The van der Waals surface area contributed by atoms with Crippen LogP contribution < -0.4 is 16.0 Å². The van der Waals surface area contributed by atoms with E-state index in [2.05, 4.69) is 25.8 Å². The number of fused-ring (bicyclic) bond motifs is 1. The van der Waals surface area contributed by atoms with Gasteiger partial charge in [-0.1, -0.05) is 49.6 Å². The molecule has 1 saturated carbocycles. The summed E-state index contributed by atoms with van der Waals surface area (Å²) in [6, 6.07) is 6.62. The van der Waals surface area contributed by atoms with Gasteiger partial charge in [-0.3, -0.25) is 19.3 Å². The number of nitrogens with zero attached hydrogens (tertiary/aromatic N) is 2. The molecule has 1 aromatic heterocycles. The second-order valence-electron chi connectivity index (χ2n) is 15.2. The standard InChI is InChI=1S/C35H53N5O6S2/c1-22-36-27(21-47-22)31(42)38-30(35(5,6)48(7,45)46)33(44)37-26(17-23-13-9-8-10-14-23)29(41)20-40-19-25-16-12-11-15-24(25)18-28(40)32(43)39-34(2,3)4/h8-10,13-14,21,24-26,28-30,41H,11-12,15-20H2,1-7H3,(H,37,44)(H,38,42)(H,39,43)/t24-,25+,26?,28?,29?,30+/m0/s1. The van der Waals surface area contributed by atoms with Crippen LogP contribution in [0, 0.1) is 18.8 Å². The number of nitrogens with one attached hydrogen (secondary N) is 3. The first-order valence-corrected chi connectivity index (χ1v) is 19.6. The highest BCUT2D eigenvalue weighted by Gasteiger charge is 2.46. The monoisotopic (exact) mass is 703 g/mol. The predicted molar refractivity (Wildman–Crippen MR) is 188 cm³/mol. The Kier molecular flexibility index (Phi) is 12.1. The fraction of sp³-hybridized carbons (Fsp3) is 0.657. The lowest BCUT2D eigenvalue weighted by molar-refractivity contribution is -0.133. The third-order valence-electron chi connectivity index (χ3n) is 9.86. The number of β-amino-alcohol motifs (C(OH)–C–C–N with tert-alkyl or cyclic N) is 1. The Morgan fingerprint density at radius 1 is 1.04 bits per heavy atom. The Bertz CT molecular complexity index is 1540. The number of hydrogen-bond acceptors (Lipinski definition) is 9. The molecule has 3 unspecified atom stereocenters. The van der Waals surface area contributed by atoms with Gasteiger partial charge in [0.1, 0.15) is 11.7 Å². The lowest BCUT2D eigenvalue weighted by Gasteiger charge is -2.47. The molecule has 0 radical (unpaired) electrons. The second-order valence-corrected chi connectivity index (χ2v) is 18.8. The number of sulfone groups is 1. The second kappa shape index (κ2) is 15.3. The molecule has 1 aliphatic carbocycles. The van der Waals surface area contributed by atoms with Gasteiger partial charge < -0.3 is 21.1 Å². The van der Waals surface area contributed by atoms with Crippen molar-refractivity contribution in [3.05, 3.63) is 52.0 Å². The fourth-order valence-electron chi connectivity index (χ4n) is 6.85. The van der Waals surface area contributed by atoms with Gasteiger partial charge in [0.05, 0.1) is 27.9 Å². The molecule has 13 heteroatoms. The van der Waals surface area contributed by atoms with E-state index < -0.39 is 56.2 Å². The van der Waals surface area contributed by atoms with Crippen LogP contribution in [0.4, 0.5) is 0 Å². The zero-order valence-electron chi connectivity index (χ0n) is 29.3. The van der Waals surface area contributed by atoms with E-state index in [4.69, 9.17) is 0 Å². The first-order valence-electron chi connectivity index (χ1n) is 16.9. The highest BCUT2D eigenvalue weighted by molar-refractivity contribution is 7.92. The van der Waals surface area contributed by atoms with Crippen LogP contribution in [0.1, 0.15) is 87.8 Å². The summed E-state index contributed by atoms with van der Waals surface area (Å²) < 4.78 is 24.2. The van der Waals surface area contributed by atoms with Crippen LogP contribution in [-0.4, -0.2) is 95.0 Å². The number of aliphatic hydroxyl groups excluding tert-OH is 1. The maximum Gasteiger partial charge on any atom is 0.271 e. The van der Waals surface area contributed by atoms with Crippen molar-refractivity contribution in [3.63, 3.8) is 0 Å². The third-order valence-corrected chi connectivity index (χ3v) is 12.8. The molecule has 4 N–H and O–H groups in total. The predicted octanol–water partition coefficient (Wildman–Crippen LogP) is 3.26. The number of rotatable bonds is 12. The summed E-state index contributed by atoms with van der Waals surface area (Å²) in [4.78, 5) is 47.2. The highest BCUT2D eigenvalue weighted by atomic mass is 32.2. The lowest BCUT2D eigenvalue weighted by atomic mass is 9.72. The summed E-state index contributed by atoms with van der Waals surface area (Å²) in [7, 11) is -3.86. The highest BCUT2D eigenvalue weighted by Crippen LogP contribution is 2.39. The molecular weight excluding hydrogens is 651 g/mol. The van der Waals surface area contributed by atoms with E-state index in [1.165, 1.54) is 25.2 Å². The molecule has 3 amide bonds. The normalized spacial score (nSPS) is 22.5. The van der Waals surface area contributed by atoms with Gasteiger partial charge in [0.25, 0.3) is 5.91 Å². The van der Waals surface area contributed by atoms with E-state index in [0.717, 1.165) is 37.5 Å². The van der Waals surface area contributed by atoms with Crippen LogP contribution in [-0.2, 0) is 25.8 Å². The molecule has 2 fully saturated rings. The van der Waals surface area contributed by atoms with Gasteiger partial charge in [-0.25, -0.2) is 13.4 Å². The number of carbonyl (C=O) groups is 3. The number of aryl methyl sites for hydroxylation is 1. The number of likely N-dealkylation sites (tertiary alicyclic amines) is 1. The zero-order chi connectivity index (χ0) is 35.4. The molecule has 1 aliphatic heterocycles. The number of aromatic nitrogens is 1. The van der Waals surface area contributed by atoms with Crippen LogP contribution in [0.3, 0.4) is 0 Å². The number of amides is 3. The van der Waals surface area contributed by atoms with E-state index in [9.17, 15) is 27.9 Å². The van der Waals surface area contributed by atoms with E-state index in [1.807, 2.05) is 51.1 Å². The van der Waals surface area contributed by atoms with E-state index >= 15 is 0 Å². The van der Waals surface area contributed by atoms with Crippen molar-refractivity contribution >= 4 is 38.9 Å². The Morgan fingerprint density at radius 2 is 1.69 bits per heavy atom. The average Bonchev–Trinajstić information content (AvgIpc) is 3.44. The topological polar surface area (TPSA) is 158 Å². The number of benzene rings is 1. The maximum absolute atomic E-state index is 14.1. The number of hydrogen-bond donors (Lipinski definition) is 4. The Balaban J connectivity index is 1.62. The van der Waals surface area contributed by atoms with Crippen molar-refractivity contribution in [1.82, 2.24) is 25.8 Å². The van der Waals surface area contributed by atoms with Crippen molar-refractivity contribution in [1.29, 1.82) is 0 Å². The molecule has 266 valence electrons. The summed E-state index contributed by atoms with van der Waals surface area (Å²) >= 11 is 1.27. The Hall–Kier alpha value is -2.87. The van der Waals surface area contributed by atoms with E-state index in [1.54, 1.807) is 12.3 Å². The summed E-state index contributed by atoms with van der Waals surface area (Å²) in [5.74, 6) is -0.599. The molecule has 0 spiro atoms. The minimum atomic E-state index is -3.86. The number of carbonyl (C=O) groups excluding carboxylic acids is 3. The Morgan fingerprint density at radius 3 is 2.27 bits per heavy atom. The first kappa shape index (κ1) is 37.9. The average molecular weight is 704 g/mol. The van der Waals surface area contributed by atoms with Crippen LogP contribution in [0.25, 0.3) is 0 Å². The maximum atomic E-state index is 14.1. The number of thiazole rings is 1. The van der Waals surface area contributed by atoms with Gasteiger partial charge in [-0.2, -0.15) is 0 Å². The van der Waals surface area contributed by atoms with Crippen molar-refractivity contribution in [3.8, 4) is 0 Å². The van der Waals surface area contributed by atoms with Gasteiger partial charge >= 0.3 is 0 Å². The third kappa shape index (κ3) is 9.64. The van der Waals surface area contributed by atoms with Gasteiger partial charge in [0.15, 0.2) is 9.84 Å². The molecule has 2 heterocycles. The Labute approximate surface area is 289 Å². The summed E-state index contributed by atoms with van der Waals surface area (Å²) in [5.41, 5.74) is 0.527. The molecular formula is C35H53N5O6S2. The van der Waals surface area contributed by atoms with Gasteiger partial charge in [-0.05, 0) is 78.2 Å². The van der Waals surface area contributed by atoms with Crippen LogP contribution in [0.2, 0.25) is 0 Å². The molecule has 2 aromatic rings. The number of piperidine rings is 1. The molecule has 0 bridgehead atoms. The molecule has 1 saturated heterocycles. The van der Waals surface area contributed by atoms with Crippen LogP contribution >= 0.6 is 11.3 Å². The zero-order valence-corrected chi connectivity index (χ0v) is 30.9. The van der Waals surface area contributed by atoms with E-state index in [-0.39, 0.29) is 24.6 Å². The van der Waals surface area contributed by atoms with Gasteiger partial charge in [0, 0.05) is 30.3 Å². The van der Waals surface area contributed by atoms with Gasteiger partial charge in [0.2, 0.25) is 11.8 Å². The first-order chi connectivity index (χ1) is 22.4. The lowest BCUT2D eigenvalue weighted by Crippen LogP contribution is -2.64. The summed E-state index contributed by atoms with van der Waals surface area (Å²) in [5, 5.41) is 22.8. The van der Waals surface area contributed by atoms with Crippen molar-refractivity contribution in [2.75, 3.05) is 19.3 Å². The number of aliphatic hydroxyl groups is 1. The molecule has 48 heavy (non-hydrogen) atoms. The SMILES string of the molecule is Cc1nc(C(=O)N[C@H](C(=O)NC(Cc2ccccc2)C(O)CN2C[C@H]3CCCC[C@H]3CC2C(=O)NC(C)(C)C)C(C)(C)S(C)(=O)=O)cs1. The summed E-state index contributed by atoms with van der Waals surface area (Å²) in [6.07, 6.45) is 5.35. The molecule has 2 aliphatic rings. The van der Waals surface area contributed by atoms with Crippen molar-refractivity contribution in [2.45, 2.75) is 115 Å². The molecule has 4 rings (SSSR count). The summed E-state index contributed by atoms with van der Waals surface area (Å²) in [6.45, 7) is 11.2. The molecule has 1 aromatic carbocycles. The minimum Gasteiger partial charge on any atom is -0.390 e. The van der Waals surface area contributed by atoms with Crippen LogP contribution in [0.5, 0.6) is 0 Å². The van der Waals surface area contributed by atoms with Gasteiger partial charge in [-0.15, -0.1) is 11.3 Å². The molecule has 6 atom stereocenters. The smallest absolute Gasteiger partial charge is 0.271 e. The largest absolute Gasteiger partial charge is 0.390 e. The molecule has 11 nitrogen and oxygen atoms in total. The van der Waals surface area contributed by atoms with Crippen molar-refractivity contribution in [2.24, 2.45) is 11.8 Å².